The predicted octanol–water partition coefficient (Wildman–Crippen LogP) is 3.54. The second kappa shape index (κ2) is 9.81. The number of methoxy groups -OCH3 is 1. The van der Waals surface area contributed by atoms with Crippen LogP contribution in [0.4, 0.5) is 0 Å². The Kier molecular flexibility index (Phi) is 6.52. The van der Waals surface area contributed by atoms with Gasteiger partial charge in [-0.3, -0.25) is 9.59 Å². The summed E-state index contributed by atoms with van der Waals surface area (Å²) in [4.78, 5) is 48.9. The van der Waals surface area contributed by atoms with Crippen LogP contribution in [0.25, 0.3) is 10.9 Å². The first-order valence-electron chi connectivity index (χ1n) is 12.6. The fraction of sp³-hybridized carbons (Fsp3) is 0.310. The fourth-order valence-corrected chi connectivity index (χ4v) is 5.09. The van der Waals surface area contributed by atoms with Crippen LogP contribution in [0, 0.1) is 13.8 Å². The summed E-state index contributed by atoms with van der Waals surface area (Å²) in [6, 6.07) is 14.1. The summed E-state index contributed by atoms with van der Waals surface area (Å²) in [6.45, 7) is 6.58. The van der Waals surface area contributed by atoms with E-state index < -0.39 is 17.4 Å². The smallest absolute Gasteiger partial charge is 0.359 e. The average molecular weight is 514 g/mol. The van der Waals surface area contributed by atoms with Crippen molar-refractivity contribution in [3.05, 3.63) is 88.6 Å². The van der Waals surface area contributed by atoms with Gasteiger partial charge < -0.3 is 24.5 Å². The summed E-state index contributed by atoms with van der Waals surface area (Å²) in [5, 5.41) is 4.10. The van der Waals surface area contributed by atoms with E-state index in [0.717, 1.165) is 33.2 Å². The van der Waals surface area contributed by atoms with Crippen molar-refractivity contribution in [2.24, 2.45) is 0 Å². The lowest BCUT2D eigenvalue weighted by Gasteiger charge is -2.43. The van der Waals surface area contributed by atoms with Crippen LogP contribution in [0.15, 0.2) is 55.0 Å². The molecule has 0 saturated heterocycles. The van der Waals surface area contributed by atoms with E-state index in [1.165, 1.54) is 13.4 Å². The number of imidazole rings is 1. The number of hydrogen-bond acceptors (Lipinski definition) is 5. The number of esters is 1. The van der Waals surface area contributed by atoms with E-state index >= 15 is 0 Å². The van der Waals surface area contributed by atoms with Crippen LogP contribution in [0.1, 0.15) is 50.2 Å². The molecule has 0 aliphatic carbocycles. The Morgan fingerprint density at radius 1 is 1.13 bits per heavy atom. The quantitative estimate of drug-likeness (QED) is 0.368. The number of aromatic nitrogens is 3. The van der Waals surface area contributed by atoms with Gasteiger partial charge in [0.25, 0.3) is 5.91 Å². The minimum absolute atomic E-state index is 0.0488. The normalized spacial score (nSPS) is 16.9. The van der Waals surface area contributed by atoms with E-state index in [-0.39, 0.29) is 30.4 Å². The standard InChI is InChI=1S/C29H31N5O4/c1-18-5-8-20(9-6-18)14-31-28(37)29(3)16-33-17-32-24(27(36)38-4)25(33)26(35)34(29)12-11-21-15-30-23-10-7-19(2)13-22(21)23/h5-10,13,15,17,30H,11-12,14,16H2,1-4H3,(H,31,37)/t29-/m1/s1. The van der Waals surface area contributed by atoms with Gasteiger partial charge in [0.05, 0.1) is 20.0 Å². The van der Waals surface area contributed by atoms with Crippen molar-refractivity contribution >= 4 is 28.7 Å². The molecule has 2 N–H and O–H groups in total. The van der Waals surface area contributed by atoms with Gasteiger partial charge in [-0.1, -0.05) is 41.5 Å². The van der Waals surface area contributed by atoms with Crippen molar-refractivity contribution in [1.29, 1.82) is 0 Å². The maximum atomic E-state index is 13.9. The van der Waals surface area contributed by atoms with Crippen molar-refractivity contribution in [3.63, 3.8) is 0 Å². The molecule has 0 spiro atoms. The molecule has 9 nitrogen and oxygen atoms in total. The molecule has 4 aromatic rings. The zero-order valence-electron chi connectivity index (χ0n) is 22.0. The molecule has 1 aliphatic rings. The van der Waals surface area contributed by atoms with Crippen LogP contribution >= 0.6 is 0 Å². The van der Waals surface area contributed by atoms with Gasteiger partial charge in [-0.2, -0.15) is 0 Å². The number of rotatable bonds is 7. The number of aromatic amines is 1. The number of benzene rings is 2. The molecule has 0 fully saturated rings. The highest BCUT2D eigenvalue weighted by molar-refractivity contribution is 6.06. The summed E-state index contributed by atoms with van der Waals surface area (Å²) >= 11 is 0. The Hall–Kier alpha value is -4.40. The summed E-state index contributed by atoms with van der Waals surface area (Å²) in [6.07, 6.45) is 3.89. The first-order chi connectivity index (χ1) is 18.2. The van der Waals surface area contributed by atoms with Crippen molar-refractivity contribution in [2.75, 3.05) is 13.7 Å². The lowest BCUT2D eigenvalue weighted by Crippen LogP contribution is -2.64. The van der Waals surface area contributed by atoms with E-state index in [1.807, 2.05) is 56.4 Å². The molecule has 0 unspecified atom stereocenters. The van der Waals surface area contributed by atoms with Gasteiger partial charge in [0, 0.05) is 30.2 Å². The average Bonchev–Trinajstić information content (AvgIpc) is 3.51. The lowest BCUT2D eigenvalue weighted by atomic mass is 9.93. The molecule has 38 heavy (non-hydrogen) atoms. The minimum atomic E-state index is -1.20. The predicted molar refractivity (Wildman–Crippen MR) is 143 cm³/mol. The van der Waals surface area contributed by atoms with Crippen LogP contribution in [-0.4, -0.2) is 56.4 Å². The minimum Gasteiger partial charge on any atom is -0.464 e. The molecule has 0 radical (unpaired) electrons. The van der Waals surface area contributed by atoms with Gasteiger partial charge in [0.1, 0.15) is 11.2 Å². The third-order valence-electron chi connectivity index (χ3n) is 7.33. The highest BCUT2D eigenvalue weighted by atomic mass is 16.5. The van der Waals surface area contributed by atoms with Crippen LogP contribution in [0.5, 0.6) is 0 Å². The van der Waals surface area contributed by atoms with E-state index in [1.54, 1.807) is 16.4 Å². The number of hydrogen-bond donors (Lipinski definition) is 2. The van der Waals surface area contributed by atoms with Crippen LogP contribution in [0.3, 0.4) is 0 Å². The molecular formula is C29H31N5O4. The van der Waals surface area contributed by atoms with Crippen LogP contribution in [0.2, 0.25) is 0 Å². The molecule has 0 saturated carbocycles. The topological polar surface area (TPSA) is 109 Å². The van der Waals surface area contributed by atoms with Crippen molar-refractivity contribution < 1.29 is 19.1 Å². The number of aryl methyl sites for hydroxylation is 2. The number of carbonyl (C=O) groups is 3. The third-order valence-corrected chi connectivity index (χ3v) is 7.33. The zero-order valence-corrected chi connectivity index (χ0v) is 22.0. The summed E-state index contributed by atoms with van der Waals surface area (Å²) in [5.41, 5.74) is 4.18. The number of nitrogens with zero attached hydrogens (tertiary/aromatic N) is 3. The molecule has 196 valence electrons. The van der Waals surface area contributed by atoms with Gasteiger partial charge >= 0.3 is 5.97 Å². The summed E-state index contributed by atoms with van der Waals surface area (Å²) in [7, 11) is 1.25. The number of fused-ring (bicyclic) bond motifs is 2. The van der Waals surface area contributed by atoms with E-state index in [0.29, 0.717) is 13.0 Å². The third kappa shape index (κ3) is 4.44. The summed E-state index contributed by atoms with van der Waals surface area (Å²) < 4.78 is 6.42. The Bertz CT molecular complexity index is 1530. The highest BCUT2D eigenvalue weighted by Crippen LogP contribution is 2.30. The fourth-order valence-electron chi connectivity index (χ4n) is 5.09. The van der Waals surface area contributed by atoms with E-state index in [4.69, 9.17) is 4.74 Å². The van der Waals surface area contributed by atoms with Gasteiger partial charge in [-0.15, -0.1) is 0 Å². The SMILES string of the molecule is COC(=O)c1ncn2c1C(=O)N(CCc1c[nH]c3ccc(C)cc13)[C@@](C)(C(=O)NCc1ccc(C)cc1)C2. The number of H-pyrrole nitrogens is 1. The Morgan fingerprint density at radius 2 is 1.87 bits per heavy atom. The van der Waals surface area contributed by atoms with Crippen molar-refractivity contribution in [2.45, 2.75) is 45.8 Å². The molecule has 9 heteroatoms. The van der Waals surface area contributed by atoms with Crippen molar-refractivity contribution in [1.82, 2.24) is 24.8 Å². The molecular weight excluding hydrogens is 482 g/mol. The number of amides is 2. The van der Waals surface area contributed by atoms with E-state index in [2.05, 4.69) is 21.4 Å². The maximum absolute atomic E-state index is 13.9. The molecule has 5 rings (SSSR count). The molecule has 2 aromatic carbocycles. The first kappa shape index (κ1) is 25.3. The molecule has 2 aromatic heterocycles. The monoisotopic (exact) mass is 513 g/mol. The Labute approximate surface area is 220 Å². The molecule has 1 aliphatic heterocycles. The van der Waals surface area contributed by atoms with Gasteiger partial charge in [-0.05, 0) is 50.5 Å². The Balaban J connectivity index is 1.46. The van der Waals surface area contributed by atoms with Gasteiger partial charge in [0.15, 0.2) is 5.69 Å². The molecule has 1 atom stereocenters. The number of carbonyl (C=O) groups excluding carboxylic acids is 3. The number of nitrogens with one attached hydrogen (secondary N) is 2. The maximum Gasteiger partial charge on any atom is 0.359 e. The lowest BCUT2D eigenvalue weighted by molar-refractivity contribution is -0.133. The Morgan fingerprint density at radius 3 is 2.61 bits per heavy atom. The second-order valence-corrected chi connectivity index (χ2v) is 10.1. The van der Waals surface area contributed by atoms with Gasteiger partial charge in [0.2, 0.25) is 5.91 Å². The number of ether oxygens (including phenoxy) is 1. The van der Waals surface area contributed by atoms with E-state index in [9.17, 15) is 14.4 Å². The highest BCUT2D eigenvalue weighted by Gasteiger charge is 2.48. The molecule has 0 bridgehead atoms. The molecule has 2 amide bonds. The van der Waals surface area contributed by atoms with Gasteiger partial charge in [-0.25, -0.2) is 9.78 Å². The van der Waals surface area contributed by atoms with Crippen molar-refractivity contribution in [3.8, 4) is 0 Å². The second-order valence-electron chi connectivity index (χ2n) is 10.1. The zero-order chi connectivity index (χ0) is 27.0. The summed E-state index contributed by atoms with van der Waals surface area (Å²) in [5.74, 6) is -1.40. The first-order valence-corrected chi connectivity index (χ1v) is 12.6. The van der Waals surface area contributed by atoms with Crippen LogP contribution < -0.4 is 5.32 Å². The molecule has 3 heterocycles. The largest absolute Gasteiger partial charge is 0.464 e. The van der Waals surface area contributed by atoms with Crippen LogP contribution in [-0.2, 0) is 29.0 Å².